The molecule has 1 saturated heterocycles. The lowest BCUT2D eigenvalue weighted by atomic mass is 9.75. The van der Waals surface area contributed by atoms with Crippen LogP contribution in [0.25, 0.3) is 0 Å². The number of nitrogens with one attached hydrogen (secondary N) is 1. The topological polar surface area (TPSA) is 34.2 Å². The van der Waals surface area contributed by atoms with Crippen molar-refractivity contribution < 1.29 is 4.74 Å². The van der Waals surface area contributed by atoms with Crippen LogP contribution < -0.4 is 5.32 Å². The van der Waals surface area contributed by atoms with Gasteiger partial charge in [0, 0.05) is 30.6 Å². The van der Waals surface area contributed by atoms with Gasteiger partial charge in [0.05, 0.1) is 5.60 Å². The summed E-state index contributed by atoms with van der Waals surface area (Å²) in [6, 6.07) is 12.4. The molecule has 0 amide bonds. The lowest BCUT2D eigenvalue weighted by molar-refractivity contribution is -0.0830. The van der Waals surface area contributed by atoms with Gasteiger partial charge in [-0.15, -0.1) is 0 Å². The van der Waals surface area contributed by atoms with Crippen molar-refractivity contribution in [2.24, 2.45) is 11.8 Å². The molecule has 1 N–H and O–H groups in total. The van der Waals surface area contributed by atoms with Crippen LogP contribution in [0.4, 0.5) is 0 Å². The first-order valence-corrected chi connectivity index (χ1v) is 10.4. The Bertz CT molecular complexity index is 705. The third-order valence-electron chi connectivity index (χ3n) is 5.59. The van der Waals surface area contributed by atoms with Crippen molar-refractivity contribution in [3.8, 4) is 0 Å². The van der Waals surface area contributed by atoms with Gasteiger partial charge >= 0.3 is 0 Å². The number of hydrogen-bond donors (Lipinski definition) is 1. The van der Waals surface area contributed by atoms with Crippen LogP contribution in [0.3, 0.4) is 0 Å². The Morgan fingerprint density at radius 2 is 2.11 bits per heavy atom. The molecule has 0 spiro atoms. The Hall–Kier alpha value is -1.42. The van der Waals surface area contributed by atoms with Gasteiger partial charge in [0.25, 0.3) is 0 Å². The second kappa shape index (κ2) is 9.68. The molecular formula is C23H31ClN2O. The van der Waals surface area contributed by atoms with Crippen LogP contribution in [0, 0.1) is 11.8 Å². The Balaban J connectivity index is 1.61. The second-order valence-electron chi connectivity index (χ2n) is 8.24. The van der Waals surface area contributed by atoms with E-state index in [1.54, 1.807) is 0 Å². The smallest absolute Gasteiger partial charge is 0.0629 e. The average molecular weight is 387 g/mol. The highest BCUT2D eigenvalue weighted by Crippen LogP contribution is 2.37. The number of benzene rings is 1. The summed E-state index contributed by atoms with van der Waals surface area (Å²) in [5.74, 6) is 1.28. The van der Waals surface area contributed by atoms with Crippen molar-refractivity contribution in [2.45, 2.75) is 51.7 Å². The number of halogens is 1. The van der Waals surface area contributed by atoms with Crippen molar-refractivity contribution in [3.05, 3.63) is 64.9 Å². The standard InChI is InChI=1S/C23H31ClN2O/c1-23(2)15-21(10-13-27-23)19(14-20-7-3-4-8-22(20)24)9-12-26-17-18-6-5-11-25-16-18/h3-8,11,16,19,21,26H,9-10,12-15,17H2,1-2H3/t19-,21+/m0/s1. The molecule has 2 heterocycles. The molecule has 146 valence electrons. The largest absolute Gasteiger partial charge is 0.376 e. The minimum atomic E-state index is -0.0230. The number of aromatic nitrogens is 1. The molecule has 3 nitrogen and oxygen atoms in total. The maximum atomic E-state index is 6.46. The van der Waals surface area contributed by atoms with E-state index in [-0.39, 0.29) is 5.60 Å². The Labute approximate surface area is 168 Å². The van der Waals surface area contributed by atoms with E-state index in [1.165, 1.54) is 11.1 Å². The predicted molar refractivity (Wildman–Crippen MR) is 112 cm³/mol. The van der Waals surface area contributed by atoms with E-state index in [1.807, 2.05) is 30.6 Å². The summed E-state index contributed by atoms with van der Waals surface area (Å²) in [6.45, 7) is 7.16. The second-order valence-corrected chi connectivity index (χ2v) is 8.65. The fraction of sp³-hybridized carbons (Fsp3) is 0.522. The van der Waals surface area contributed by atoms with Crippen molar-refractivity contribution in [3.63, 3.8) is 0 Å². The zero-order valence-electron chi connectivity index (χ0n) is 16.5. The molecule has 0 radical (unpaired) electrons. The summed E-state index contributed by atoms with van der Waals surface area (Å²) >= 11 is 6.46. The van der Waals surface area contributed by atoms with Crippen LogP contribution in [0.15, 0.2) is 48.8 Å². The van der Waals surface area contributed by atoms with Gasteiger partial charge < -0.3 is 10.1 Å². The zero-order chi connectivity index (χ0) is 19.1. The van der Waals surface area contributed by atoms with Crippen LogP contribution in [0.2, 0.25) is 5.02 Å². The molecule has 2 aromatic rings. The number of pyridine rings is 1. The quantitative estimate of drug-likeness (QED) is 0.627. The van der Waals surface area contributed by atoms with E-state index in [0.29, 0.717) is 11.8 Å². The number of ether oxygens (including phenoxy) is 1. The average Bonchev–Trinajstić information content (AvgIpc) is 2.66. The van der Waals surface area contributed by atoms with Crippen molar-refractivity contribution >= 4 is 11.6 Å². The molecular weight excluding hydrogens is 356 g/mol. The van der Waals surface area contributed by atoms with Gasteiger partial charge in [-0.05, 0) is 81.2 Å². The number of rotatable bonds is 8. The highest BCUT2D eigenvalue weighted by atomic mass is 35.5. The normalized spacial score (nSPS) is 20.3. The third-order valence-corrected chi connectivity index (χ3v) is 5.95. The SMILES string of the molecule is CC1(C)C[C@H]([C@@H](CCNCc2cccnc2)Cc2ccccc2Cl)CCO1. The van der Waals surface area contributed by atoms with Gasteiger partial charge in [-0.3, -0.25) is 4.98 Å². The predicted octanol–water partition coefficient (Wildman–Crippen LogP) is 5.28. The van der Waals surface area contributed by atoms with Gasteiger partial charge in [0.15, 0.2) is 0 Å². The van der Waals surface area contributed by atoms with Gasteiger partial charge in [-0.1, -0.05) is 35.9 Å². The fourth-order valence-corrected chi connectivity index (χ4v) is 4.37. The molecule has 0 bridgehead atoms. The molecule has 27 heavy (non-hydrogen) atoms. The molecule has 3 rings (SSSR count). The molecule has 1 aromatic heterocycles. The molecule has 2 atom stereocenters. The fourth-order valence-electron chi connectivity index (χ4n) is 4.16. The van der Waals surface area contributed by atoms with Crippen LogP contribution in [0.5, 0.6) is 0 Å². The van der Waals surface area contributed by atoms with Crippen molar-refractivity contribution in [2.75, 3.05) is 13.2 Å². The van der Waals surface area contributed by atoms with E-state index >= 15 is 0 Å². The Morgan fingerprint density at radius 1 is 1.26 bits per heavy atom. The zero-order valence-corrected chi connectivity index (χ0v) is 17.2. The van der Waals surface area contributed by atoms with Crippen molar-refractivity contribution in [1.82, 2.24) is 10.3 Å². The molecule has 0 unspecified atom stereocenters. The van der Waals surface area contributed by atoms with Gasteiger partial charge in [-0.2, -0.15) is 0 Å². The molecule has 1 fully saturated rings. The monoisotopic (exact) mass is 386 g/mol. The van der Waals surface area contributed by atoms with Crippen molar-refractivity contribution in [1.29, 1.82) is 0 Å². The van der Waals surface area contributed by atoms with E-state index in [4.69, 9.17) is 16.3 Å². The highest BCUT2D eigenvalue weighted by Gasteiger charge is 2.33. The third kappa shape index (κ3) is 6.31. The first kappa shape index (κ1) is 20.3. The summed E-state index contributed by atoms with van der Waals surface area (Å²) in [5, 5.41) is 4.47. The van der Waals surface area contributed by atoms with Gasteiger partial charge in [0.2, 0.25) is 0 Å². The van der Waals surface area contributed by atoms with Crippen LogP contribution in [-0.2, 0) is 17.7 Å². The minimum Gasteiger partial charge on any atom is -0.376 e. The van der Waals surface area contributed by atoms with Crippen LogP contribution in [0.1, 0.15) is 44.2 Å². The van der Waals surface area contributed by atoms with Gasteiger partial charge in [0.1, 0.15) is 0 Å². The lowest BCUT2D eigenvalue weighted by Gasteiger charge is -2.39. The van der Waals surface area contributed by atoms with Gasteiger partial charge in [-0.25, -0.2) is 0 Å². The first-order valence-electron chi connectivity index (χ1n) is 10.0. The summed E-state index contributed by atoms with van der Waals surface area (Å²) < 4.78 is 5.95. The summed E-state index contributed by atoms with van der Waals surface area (Å²) in [7, 11) is 0. The van der Waals surface area contributed by atoms with E-state index in [0.717, 1.165) is 50.4 Å². The minimum absolute atomic E-state index is 0.0230. The summed E-state index contributed by atoms with van der Waals surface area (Å²) in [4.78, 5) is 4.18. The van der Waals surface area contributed by atoms with Crippen LogP contribution >= 0.6 is 11.6 Å². The maximum absolute atomic E-state index is 6.46. The molecule has 0 aliphatic carbocycles. The summed E-state index contributed by atoms with van der Waals surface area (Å²) in [6.07, 6.45) is 8.18. The summed E-state index contributed by atoms with van der Waals surface area (Å²) in [5.41, 5.74) is 2.47. The van der Waals surface area contributed by atoms with E-state index < -0.39 is 0 Å². The van der Waals surface area contributed by atoms with Crippen LogP contribution in [-0.4, -0.2) is 23.7 Å². The number of nitrogens with zero attached hydrogens (tertiary/aromatic N) is 1. The maximum Gasteiger partial charge on any atom is 0.0629 e. The molecule has 4 heteroatoms. The number of hydrogen-bond acceptors (Lipinski definition) is 3. The molecule has 1 aromatic carbocycles. The molecule has 0 saturated carbocycles. The van der Waals surface area contributed by atoms with E-state index in [2.05, 4.69) is 42.3 Å². The lowest BCUT2D eigenvalue weighted by Crippen LogP contribution is -2.38. The van der Waals surface area contributed by atoms with E-state index in [9.17, 15) is 0 Å². The Kier molecular flexibility index (Phi) is 7.28. The Morgan fingerprint density at radius 3 is 2.85 bits per heavy atom. The molecule has 1 aliphatic rings. The molecule has 1 aliphatic heterocycles. The highest BCUT2D eigenvalue weighted by molar-refractivity contribution is 6.31. The first-order chi connectivity index (χ1) is 13.0.